The van der Waals surface area contributed by atoms with Crippen molar-refractivity contribution >= 4 is 15.9 Å². The molecule has 0 spiro atoms. The molecule has 1 amide bonds. The molecule has 0 aliphatic carbocycles. The number of carbonyl (C=O) groups is 1. The summed E-state index contributed by atoms with van der Waals surface area (Å²) >= 11 is 0. The molecule has 3 heterocycles. The number of hydrogen-bond donors (Lipinski definition) is 1. The molecular formula is C21H29N5O3S. The molecule has 2 atom stereocenters. The van der Waals surface area contributed by atoms with Gasteiger partial charge in [0.15, 0.2) is 5.82 Å². The number of nitrogens with zero attached hydrogens (tertiary/aromatic N) is 4. The summed E-state index contributed by atoms with van der Waals surface area (Å²) in [4.78, 5) is 15.1. The van der Waals surface area contributed by atoms with E-state index >= 15 is 0 Å². The van der Waals surface area contributed by atoms with Gasteiger partial charge in [0, 0.05) is 19.5 Å². The van der Waals surface area contributed by atoms with Gasteiger partial charge in [-0.05, 0) is 51.7 Å². The lowest BCUT2D eigenvalue weighted by molar-refractivity contribution is -0.133. The molecule has 0 unspecified atom stereocenters. The molecule has 0 radical (unpaired) electrons. The topological polar surface area (TPSA) is 97.2 Å². The maximum Gasteiger partial charge on any atom is 0.241 e. The van der Waals surface area contributed by atoms with Crippen molar-refractivity contribution in [2.45, 2.75) is 75.9 Å². The Morgan fingerprint density at radius 2 is 1.87 bits per heavy atom. The summed E-state index contributed by atoms with van der Waals surface area (Å²) in [6.45, 7) is 4.98. The fraction of sp³-hybridized carbons (Fsp3) is 0.571. The average molecular weight is 432 g/mol. The van der Waals surface area contributed by atoms with Gasteiger partial charge in [0.25, 0.3) is 0 Å². The molecule has 4 rings (SSSR count). The molecule has 9 heteroatoms. The Labute approximate surface area is 177 Å². The number of aromatic nitrogens is 3. The first kappa shape index (κ1) is 21.0. The number of hydrogen-bond acceptors (Lipinski definition) is 5. The lowest BCUT2D eigenvalue weighted by Gasteiger charge is -2.27. The van der Waals surface area contributed by atoms with Crippen LogP contribution in [0.2, 0.25) is 0 Å². The molecule has 0 saturated carbocycles. The fourth-order valence-corrected chi connectivity index (χ4v) is 5.57. The van der Waals surface area contributed by atoms with Crippen molar-refractivity contribution in [3.63, 3.8) is 0 Å². The Morgan fingerprint density at radius 1 is 1.10 bits per heavy atom. The zero-order chi connectivity index (χ0) is 21.3. The van der Waals surface area contributed by atoms with E-state index in [0.29, 0.717) is 6.54 Å². The SMILES string of the molecule is Cc1ccc(S(=O)(=O)N[C@@H](C)C(=O)N2CCC[C@H]2c2nnc3n2CCCCC3)cc1. The Kier molecular flexibility index (Phi) is 5.92. The van der Waals surface area contributed by atoms with Gasteiger partial charge in [0.1, 0.15) is 5.82 Å². The van der Waals surface area contributed by atoms with Crippen LogP contribution >= 0.6 is 0 Å². The summed E-state index contributed by atoms with van der Waals surface area (Å²) in [5.74, 6) is 1.61. The first-order valence-corrected chi connectivity index (χ1v) is 12.2. The smallest absolute Gasteiger partial charge is 0.241 e. The minimum atomic E-state index is -3.77. The van der Waals surface area contributed by atoms with Crippen LogP contribution in [0.4, 0.5) is 0 Å². The van der Waals surface area contributed by atoms with E-state index in [2.05, 4.69) is 19.5 Å². The summed E-state index contributed by atoms with van der Waals surface area (Å²) in [5, 5.41) is 8.79. The largest absolute Gasteiger partial charge is 0.331 e. The quantitative estimate of drug-likeness (QED) is 0.784. The third-order valence-electron chi connectivity index (χ3n) is 6.01. The standard InChI is InChI=1S/C21H29N5O3S/c1-15-9-11-17(12-10-15)30(28,29)24-16(2)21(27)25-14-6-7-18(25)20-23-22-19-8-4-3-5-13-26(19)20/h9-12,16,18,24H,3-8,13-14H2,1-2H3/t16-,18-/m0/s1. The van der Waals surface area contributed by atoms with Gasteiger partial charge in [-0.2, -0.15) is 4.72 Å². The van der Waals surface area contributed by atoms with Gasteiger partial charge in [-0.1, -0.05) is 24.1 Å². The lowest BCUT2D eigenvalue weighted by atomic mass is 10.2. The molecule has 2 aliphatic heterocycles. The van der Waals surface area contributed by atoms with Crippen molar-refractivity contribution in [1.29, 1.82) is 0 Å². The summed E-state index contributed by atoms with van der Waals surface area (Å²) in [7, 11) is -3.77. The second kappa shape index (κ2) is 8.47. The molecule has 1 fully saturated rings. The zero-order valence-electron chi connectivity index (χ0n) is 17.5. The predicted octanol–water partition coefficient (Wildman–Crippen LogP) is 2.34. The monoisotopic (exact) mass is 431 g/mol. The molecule has 8 nitrogen and oxygen atoms in total. The number of aryl methyl sites for hydroxylation is 2. The molecule has 1 aromatic heterocycles. The van der Waals surface area contributed by atoms with Crippen LogP contribution in [0.25, 0.3) is 0 Å². The van der Waals surface area contributed by atoms with Crippen molar-refractivity contribution in [3.05, 3.63) is 41.5 Å². The molecule has 1 saturated heterocycles. The van der Waals surface area contributed by atoms with Gasteiger partial charge in [-0.15, -0.1) is 10.2 Å². The van der Waals surface area contributed by atoms with Crippen LogP contribution in [0.5, 0.6) is 0 Å². The van der Waals surface area contributed by atoms with Crippen LogP contribution in [0.15, 0.2) is 29.2 Å². The highest BCUT2D eigenvalue weighted by Gasteiger charge is 2.37. The maximum absolute atomic E-state index is 13.2. The molecule has 2 aromatic rings. The van der Waals surface area contributed by atoms with Crippen LogP contribution in [0.3, 0.4) is 0 Å². The van der Waals surface area contributed by atoms with Crippen LogP contribution in [-0.4, -0.2) is 46.6 Å². The van der Waals surface area contributed by atoms with Gasteiger partial charge in [-0.25, -0.2) is 8.42 Å². The molecule has 1 aromatic carbocycles. The summed E-state index contributed by atoms with van der Waals surface area (Å²) < 4.78 is 30.1. The van der Waals surface area contributed by atoms with E-state index in [1.807, 2.05) is 6.92 Å². The maximum atomic E-state index is 13.2. The zero-order valence-corrected chi connectivity index (χ0v) is 18.4. The van der Waals surface area contributed by atoms with Crippen LogP contribution in [-0.2, 0) is 27.8 Å². The fourth-order valence-electron chi connectivity index (χ4n) is 4.37. The first-order chi connectivity index (χ1) is 14.4. The third kappa shape index (κ3) is 4.13. The van der Waals surface area contributed by atoms with Crippen molar-refractivity contribution in [2.75, 3.05) is 6.54 Å². The van der Waals surface area contributed by atoms with E-state index in [-0.39, 0.29) is 16.8 Å². The minimum absolute atomic E-state index is 0.150. The lowest BCUT2D eigenvalue weighted by Crippen LogP contribution is -2.46. The molecule has 2 aliphatic rings. The Bertz CT molecular complexity index is 1020. The number of likely N-dealkylation sites (tertiary alicyclic amines) is 1. The minimum Gasteiger partial charge on any atom is -0.331 e. The number of fused-ring (bicyclic) bond motifs is 1. The average Bonchev–Trinajstić information content (AvgIpc) is 3.28. The van der Waals surface area contributed by atoms with Crippen molar-refractivity contribution in [2.24, 2.45) is 0 Å². The summed E-state index contributed by atoms with van der Waals surface area (Å²) in [5.41, 5.74) is 0.977. The van der Waals surface area contributed by atoms with Crippen LogP contribution < -0.4 is 4.72 Å². The van der Waals surface area contributed by atoms with Crippen LogP contribution in [0, 0.1) is 6.92 Å². The van der Waals surface area contributed by atoms with Gasteiger partial charge < -0.3 is 9.47 Å². The predicted molar refractivity (Wildman–Crippen MR) is 112 cm³/mol. The number of rotatable bonds is 5. The van der Waals surface area contributed by atoms with Crippen LogP contribution in [0.1, 0.15) is 62.3 Å². The molecule has 162 valence electrons. The molecule has 1 N–H and O–H groups in total. The van der Waals surface area contributed by atoms with E-state index in [0.717, 1.165) is 55.9 Å². The first-order valence-electron chi connectivity index (χ1n) is 10.7. The number of amides is 1. The Balaban J connectivity index is 1.51. The van der Waals surface area contributed by atoms with Crippen molar-refractivity contribution in [3.8, 4) is 0 Å². The van der Waals surface area contributed by atoms with E-state index in [1.165, 1.54) is 6.42 Å². The molecule has 0 bridgehead atoms. The normalized spacial score (nSPS) is 20.6. The highest BCUT2D eigenvalue weighted by molar-refractivity contribution is 7.89. The molecular weight excluding hydrogens is 402 g/mol. The van der Waals surface area contributed by atoms with Crippen molar-refractivity contribution < 1.29 is 13.2 Å². The van der Waals surface area contributed by atoms with E-state index in [1.54, 1.807) is 36.1 Å². The number of benzene rings is 1. The highest BCUT2D eigenvalue weighted by atomic mass is 32.2. The van der Waals surface area contributed by atoms with Gasteiger partial charge in [-0.3, -0.25) is 4.79 Å². The number of nitrogens with one attached hydrogen (secondary N) is 1. The highest BCUT2D eigenvalue weighted by Crippen LogP contribution is 2.33. The van der Waals surface area contributed by atoms with Gasteiger partial charge in [0.05, 0.1) is 17.0 Å². The van der Waals surface area contributed by atoms with E-state index in [4.69, 9.17) is 0 Å². The summed E-state index contributed by atoms with van der Waals surface area (Å²) in [6.07, 6.45) is 5.99. The van der Waals surface area contributed by atoms with Gasteiger partial charge in [0.2, 0.25) is 15.9 Å². The van der Waals surface area contributed by atoms with Gasteiger partial charge >= 0.3 is 0 Å². The van der Waals surface area contributed by atoms with Crippen molar-refractivity contribution in [1.82, 2.24) is 24.4 Å². The van der Waals surface area contributed by atoms with E-state index < -0.39 is 16.1 Å². The Hall–Kier alpha value is -2.26. The second-order valence-corrected chi connectivity index (χ2v) is 10.00. The third-order valence-corrected chi connectivity index (χ3v) is 7.56. The van der Waals surface area contributed by atoms with E-state index in [9.17, 15) is 13.2 Å². The Morgan fingerprint density at radius 3 is 2.63 bits per heavy atom. The summed E-state index contributed by atoms with van der Waals surface area (Å²) in [6, 6.07) is 5.59. The second-order valence-electron chi connectivity index (χ2n) is 8.28. The number of sulfonamides is 1. The number of carbonyl (C=O) groups excluding carboxylic acids is 1. The molecule has 30 heavy (non-hydrogen) atoms.